The summed E-state index contributed by atoms with van der Waals surface area (Å²) in [7, 11) is 2.20. The van der Waals surface area contributed by atoms with Crippen LogP contribution in [0, 0.1) is 0 Å². The van der Waals surface area contributed by atoms with Crippen molar-refractivity contribution in [2.75, 3.05) is 44.8 Å². The highest BCUT2D eigenvalue weighted by molar-refractivity contribution is 5.40. The Kier molecular flexibility index (Phi) is 3.48. The zero-order valence-corrected chi connectivity index (χ0v) is 11.0. The molecule has 1 aromatic rings. The van der Waals surface area contributed by atoms with Crippen LogP contribution in [-0.4, -0.2) is 49.8 Å². The molecule has 0 amide bonds. The van der Waals surface area contributed by atoms with Gasteiger partial charge in [0.15, 0.2) is 0 Å². The van der Waals surface area contributed by atoms with Crippen LogP contribution in [0.25, 0.3) is 0 Å². The lowest BCUT2D eigenvalue weighted by Gasteiger charge is -2.28. The molecule has 2 aliphatic heterocycles. The van der Waals surface area contributed by atoms with Gasteiger partial charge in [-0.3, -0.25) is 4.90 Å². The number of morpholine rings is 1. The third-order valence-electron chi connectivity index (χ3n) is 4.01. The van der Waals surface area contributed by atoms with Gasteiger partial charge in [-0.2, -0.15) is 0 Å². The maximum atomic E-state index is 5.36. The molecular weight excluding hydrogens is 226 g/mol. The van der Waals surface area contributed by atoms with E-state index in [9.17, 15) is 0 Å². The number of hydrogen-bond donors (Lipinski definition) is 0. The van der Waals surface area contributed by atoms with Crippen molar-refractivity contribution in [3.05, 3.63) is 23.9 Å². The van der Waals surface area contributed by atoms with E-state index in [4.69, 9.17) is 4.74 Å². The molecule has 2 fully saturated rings. The molecule has 4 nitrogen and oxygen atoms in total. The number of anilines is 1. The first-order valence-electron chi connectivity index (χ1n) is 6.83. The predicted octanol–water partition coefficient (Wildman–Crippen LogP) is 1.68. The Labute approximate surface area is 109 Å². The van der Waals surface area contributed by atoms with Crippen LogP contribution in [0.3, 0.4) is 0 Å². The number of hydrogen-bond acceptors (Lipinski definition) is 4. The maximum absolute atomic E-state index is 5.36. The van der Waals surface area contributed by atoms with Crippen molar-refractivity contribution in [1.82, 2.24) is 9.88 Å². The van der Waals surface area contributed by atoms with Gasteiger partial charge in [-0.05, 0) is 38.1 Å². The molecule has 4 heteroatoms. The van der Waals surface area contributed by atoms with Crippen LogP contribution in [0.2, 0.25) is 0 Å². The molecule has 3 rings (SSSR count). The first-order valence-corrected chi connectivity index (χ1v) is 6.83. The van der Waals surface area contributed by atoms with E-state index in [2.05, 4.69) is 40.2 Å². The Bertz CT molecular complexity index is 387. The van der Waals surface area contributed by atoms with Crippen molar-refractivity contribution in [3.8, 4) is 0 Å². The fraction of sp³-hybridized carbons (Fsp3) is 0.643. The predicted molar refractivity (Wildman–Crippen MR) is 71.9 cm³/mol. The molecule has 3 heterocycles. The monoisotopic (exact) mass is 247 g/mol. The summed E-state index contributed by atoms with van der Waals surface area (Å²) >= 11 is 0. The van der Waals surface area contributed by atoms with Gasteiger partial charge in [-0.15, -0.1) is 0 Å². The van der Waals surface area contributed by atoms with Crippen LogP contribution in [0.4, 0.5) is 5.82 Å². The number of rotatable bonds is 2. The molecule has 0 N–H and O–H groups in total. The summed E-state index contributed by atoms with van der Waals surface area (Å²) in [5.74, 6) is 1.09. The van der Waals surface area contributed by atoms with Crippen LogP contribution in [0.1, 0.15) is 24.4 Å². The van der Waals surface area contributed by atoms with Gasteiger partial charge in [-0.1, -0.05) is 6.07 Å². The van der Waals surface area contributed by atoms with Crippen molar-refractivity contribution >= 4 is 5.82 Å². The fourth-order valence-electron chi connectivity index (χ4n) is 2.91. The Morgan fingerprint density at radius 2 is 2.06 bits per heavy atom. The molecule has 98 valence electrons. The number of ether oxygens (including phenoxy) is 1. The summed E-state index contributed by atoms with van der Waals surface area (Å²) < 4.78 is 5.36. The van der Waals surface area contributed by atoms with Gasteiger partial charge in [0.1, 0.15) is 5.82 Å². The highest BCUT2D eigenvalue weighted by Gasteiger charge is 2.23. The molecule has 0 saturated carbocycles. The van der Waals surface area contributed by atoms with E-state index in [-0.39, 0.29) is 0 Å². The number of likely N-dealkylation sites (tertiary alicyclic amines) is 1. The lowest BCUT2D eigenvalue weighted by Crippen LogP contribution is -2.36. The number of pyridine rings is 1. The maximum Gasteiger partial charge on any atom is 0.128 e. The minimum atomic E-state index is 0.566. The molecule has 2 aliphatic rings. The van der Waals surface area contributed by atoms with Gasteiger partial charge in [0.05, 0.1) is 13.2 Å². The Morgan fingerprint density at radius 3 is 2.67 bits per heavy atom. The van der Waals surface area contributed by atoms with Gasteiger partial charge < -0.3 is 9.64 Å². The molecule has 0 aliphatic carbocycles. The van der Waals surface area contributed by atoms with Crippen LogP contribution < -0.4 is 4.90 Å². The Balaban J connectivity index is 1.72. The standard InChI is InChI=1S/C14H21N3O/c1-16-6-2-3-13(16)12-4-5-14(15-11-12)17-7-9-18-10-8-17/h4-5,11,13H,2-3,6-10H2,1H3/t13-/m1/s1. The summed E-state index contributed by atoms with van der Waals surface area (Å²) in [6.07, 6.45) is 4.61. The lowest BCUT2D eigenvalue weighted by atomic mass is 10.1. The zero-order chi connectivity index (χ0) is 12.4. The molecule has 0 unspecified atom stereocenters. The average molecular weight is 247 g/mol. The van der Waals surface area contributed by atoms with Crippen LogP contribution in [-0.2, 0) is 4.74 Å². The fourth-order valence-corrected chi connectivity index (χ4v) is 2.91. The van der Waals surface area contributed by atoms with Crippen LogP contribution in [0.15, 0.2) is 18.3 Å². The van der Waals surface area contributed by atoms with E-state index >= 15 is 0 Å². The van der Waals surface area contributed by atoms with Gasteiger partial charge in [0, 0.05) is 25.3 Å². The second-order valence-electron chi connectivity index (χ2n) is 5.19. The minimum absolute atomic E-state index is 0.566. The minimum Gasteiger partial charge on any atom is -0.378 e. The first-order chi connectivity index (χ1) is 8.84. The zero-order valence-electron chi connectivity index (χ0n) is 11.0. The molecule has 1 atom stereocenters. The van der Waals surface area contributed by atoms with Crippen LogP contribution in [0.5, 0.6) is 0 Å². The van der Waals surface area contributed by atoms with Gasteiger partial charge in [0.2, 0.25) is 0 Å². The van der Waals surface area contributed by atoms with Crippen molar-refractivity contribution < 1.29 is 4.74 Å². The molecule has 1 aromatic heterocycles. The Hall–Kier alpha value is -1.13. The van der Waals surface area contributed by atoms with Crippen LogP contribution >= 0.6 is 0 Å². The molecule has 0 aromatic carbocycles. The van der Waals surface area contributed by atoms with E-state index in [1.165, 1.54) is 24.9 Å². The highest BCUT2D eigenvalue weighted by atomic mass is 16.5. The highest BCUT2D eigenvalue weighted by Crippen LogP contribution is 2.30. The number of aromatic nitrogens is 1. The lowest BCUT2D eigenvalue weighted by molar-refractivity contribution is 0.122. The second kappa shape index (κ2) is 5.24. The second-order valence-corrected chi connectivity index (χ2v) is 5.19. The Morgan fingerprint density at radius 1 is 1.22 bits per heavy atom. The molecule has 2 saturated heterocycles. The molecule has 0 radical (unpaired) electrons. The van der Waals surface area contributed by atoms with E-state index in [0.29, 0.717) is 6.04 Å². The van der Waals surface area contributed by atoms with Gasteiger partial charge in [0.25, 0.3) is 0 Å². The molecule has 18 heavy (non-hydrogen) atoms. The smallest absolute Gasteiger partial charge is 0.128 e. The average Bonchev–Trinajstić information content (AvgIpc) is 2.86. The van der Waals surface area contributed by atoms with E-state index in [1.54, 1.807) is 0 Å². The topological polar surface area (TPSA) is 28.6 Å². The van der Waals surface area contributed by atoms with E-state index < -0.39 is 0 Å². The quantitative estimate of drug-likeness (QED) is 0.795. The van der Waals surface area contributed by atoms with Crippen molar-refractivity contribution in [3.63, 3.8) is 0 Å². The van der Waals surface area contributed by atoms with Gasteiger partial charge in [-0.25, -0.2) is 4.98 Å². The normalized spacial score (nSPS) is 25.6. The van der Waals surface area contributed by atoms with E-state index in [0.717, 1.165) is 32.1 Å². The summed E-state index contributed by atoms with van der Waals surface area (Å²) in [5, 5.41) is 0. The van der Waals surface area contributed by atoms with Gasteiger partial charge >= 0.3 is 0 Å². The number of nitrogens with zero attached hydrogens (tertiary/aromatic N) is 3. The third-order valence-corrected chi connectivity index (χ3v) is 4.01. The largest absolute Gasteiger partial charge is 0.378 e. The summed E-state index contributed by atoms with van der Waals surface area (Å²) in [6, 6.07) is 4.97. The summed E-state index contributed by atoms with van der Waals surface area (Å²) in [4.78, 5) is 9.34. The van der Waals surface area contributed by atoms with Crippen molar-refractivity contribution in [2.45, 2.75) is 18.9 Å². The van der Waals surface area contributed by atoms with Crippen molar-refractivity contribution in [2.24, 2.45) is 0 Å². The van der Waals surface area contributed by atoms with Crippen molar-refractivity contribution in [1.29, 1.82) is 0 Å². The first kappa shape index (κ1) is 11.9. The summed E-state index contributed by atoms with van der Waals surface area (Å²) in [6.45, 7) is 4.74. The molecular formula is C14H21N3O. The molecule has 0 spiro atoms. The SMILES string of the molecule is CN1CCC[C@@H]1c1ccc(N2CCOCC2)nc1. The third kappa shape index (κ3) is 2.35. The summed E-state index contributed by atoms with van der Waals surface area (Å²) in [5.41, 5.74) is 1.35. The molecule has 0 bridgehead atoms. The van der Waals surface area contributed by atoms with E-state index in [1.807, 2.05) is 0 Å².